The third-order valence-electron chi connectivity index (χ3n) is 6.96. The van der Waals surface area contributed by atoms with Crippen LogP contribution in [0.3, 0.4) is 0 Å². The van der Waals surface area contributed by atoms with Gasteiger partial charge in [0.25, 0.3) is 0 Å². The van der Waals surface area contributed by atoms with Gasteiger partial charge in [-0.05, 0) is 56.0 Å². The molecule has 1 fully saturated rings. The zero-order valence-corrected chi connectivity index (χ0v) is 23.8. The lowest BCUT2D eigenvalue weighted by atomic mass is 10.0. The molecule has 3 heterocycles. The van der Waals surface area contributed by atoms with E-state index in [4.69, 9.17) is 10.6 Å². The number of hydrogen-bond acceptors (Lipinski definition) is 8. The molecule has 0 saturated carbocycles. The Morgan fingerprint density at radius 2 is 1.95 bits per heavy atom. The van der Waals surface area contributed by atoms with Crippen molar-refractivity contribution in [3.05, 3.63) is 54.0 Å². The van der Waals surface area contributed by atoms with Gasteiger partial charge in [-0.2, -0.15) is 9.40 Å². The predicted molar refractivity (Wildman–Crippen MR) is 150 cm³/mol. The van der Waals surface area contributed by atoms with Gasteiger partial charge in [0.15, 0.2) is 0 Å². The van der Waals surface area contributed by atoms with Gasteiger partial charge < -0.3 is 9.64 Å². The number of piperazine rings is 1. The monoisotopic (exact) mass is 541 g/mol. The molecule has 206 valence electrons. The number of anilines is 3. The van der Waals surface area contributed by atoms with Gasteiger partial charge in [-0.15, -0.1) is 0 Å². The first-order valence-electron chi connectivity index (χ1n) is 13.2. The summed E-state index contributed by atoms with van der Waals surface area (Å²) in [6.07, 6.45) is 7.53. The normalized spacial score (nSPS) is 16.6. The van der Waals surface area contributed by atoms with E-state index >= 15 is 0 Å². The van der Waals surface area contributed by atoms with Crippen LogP contribution in [0.5, 0.6) is 5.88 Å². The Kier molecular flexibility index (Phi) is 8.59. The predicted octanol–water partition coefficient (Wildman–Crippen LogP) is 3.87. The van der Waals surface area contributed by atoms with Crippen molar-refractivity contribution in [3.8, 4) is 5.88 Å². The second-order valence-electron chi connectivity index (χ2n) is 9.80. The lowest BCUT2D eigenvalue weighted by Crippen LogP contribution is -2.54. The maximum Gasteiger partial charge on any atom is 0.246 e. The summed E-state index contributed by atoms with van der Waals surface area (Å²) in [7, 11) is -2.03. The van der Waals surface area contributed by atoms with Crippen LogP contribution < -0.4 is 20.5 Å². The van der Waals surface area contributed by atoms with Gasteiger partial charge in [-0.25, -0.2) is 19.2 Å². The van der Waals surface area contributed by atoms with Crippen LogP contribution in [0, 0.1) is 6.92 Å². The number of nitrogens with zero attached hydrogens (tertiary/aromatic N) is 6. The number of rotatable bonds is 10. The molecule has 1 aromatic carbocycles. The van der Waals surface area contributed by atoms with Crippen LogP contribution in [0.2, 0.25) is 0 Å². The molecule has 10 nitrogen and oxygen atoms in total. The molecule has 1 atom stereocenters. The van der Waals surface area contributed by atoms with Crippen molar-refractivity contribution in [1.82, 2.24) is 19.1 Å². The highest BCUT2D eigenvalue weighted by Gasteiger charge is 2.35. The highest BCUT2D eigenvalue weighted by Crippen LogP contribution is 2.35. The number of aromatic nitrogens is 3. The zero-order valence-electron chi connectivity index (χ0n) is 23.0. The summed E-state index contributed by atoms with van der Waals surface area (Å²) in [6.45, 7) is 10.5. The second-order valence-corrected chi connectivity index (χ2v) is 11.7. The van der Waals surface area contributed by atoms with Crippen LogP contribution in [-0.2, 0) is 23.0 Å². The Hall–Kier alpha value is -3.15. The fourth-order valence-electron chi connectivity index (χ4n) is 5.02. The molecule has 2 aromatic heterocycles. The number of methoxy groups -OCH3 is 1. The summed E-state index contributed by atoms with van der Waals surface area (Å²) in [6, 6.07) is 7.81. The first kappa shape index (κ1) is 27.9. The Balaban J connectivity index is 1.56. The minimum Gasteiger partial charge on any atom is -0.481 e. The first-order valence-corrected chi connectivity index (χ1v) is 14.6. The molecule has 0 unspecified atom stereocenters. The summed E-state index contributed by atoms with van der Waals surface area (Å²) >= 11 is 0. The van der Waals surface area contributed by atoms with Crippen LogP contribution in [0.4, 0.5) is 17.1 Å². The Morgan fingerprint density at radius 1 is 1.16 bits per heavy atom. The van der Waals surface area contributed by atoms with E-state index < -0.39 is 10.0 Å². The van der Waals surface area contributed by atoms with E-state index in [2.05, 4.69) is 41.0 Å². The van der Waals surface area contributed by atoms with E-state index in [1.54, 1.807) is 39.6 Å². The van der Waals surface area contributed by atoms with Crippen LogP contribution in [0.15, 0.2) is 47.8 Å². The average molecular weight is 542 g/mol. The van der Waals surface area contributed by atoms with E-state index in [0.29, 0.717) is 32.1 Å². The summed E-state index contributed by atoms with van der Waals surface area (Å²) < 4.78 is 35.2. The van der Waals surface area contributed by atoms with Gasteiger partial charge in [0, 0.05) is 50.2 Å². The van der Waals surface area contributed by atoms with Crippen molar-refractivity contribution in [2.24, 2.45) is 5.84 Å². The van der Waals surface area contributed by atoms with Crippen LogP contribution in [-0.4, -0.2) is 60.3 Å². The van der Waals surface area contributed by atoms with Crippen molar-refractivity contribution < 1.29 is 13.2 Å². The molecule has 1 saturated heterocycles. The van der Waals surface area contributed by atoms with Gasteiger partial charge in [0.05, 0.1) is 30.9 Å². The number of sulfonamides is 1. The second kappa shape index (κ2) is 11.7. The zero-order chi connectivity index (χ0) is 27.4. The number of aryl methyl sites for hydroxylation is 3. The average Bonchev–Trinajstić information content (AvgIpc) is 3.39. The molecule has 11 heteroatoms. The number of hydrazine groups is 1. The van der Waals surface area contributed by atoms with Crippen LogP contribution >= 0.6 is 0 Å². The molecule has 3 aromatic rings. The molecule has 0 amide bonds. The lowest BCUT2D eigenvalue weighted by molar-refractivity contribution is 0.306. The quantitative estimate of drug-likeness (QED) is 0.304. The summed E-state index contributed by atoms with van der Waals surface area (Å²) in [4.78, 5) is 6.83. The smallest absolute Gasteiger partial charge is 0.246 e. The van der Waals surface area contributed by atoms with Gasteiger partial charge in [-0.3, -0.25) is 9.69 Å². The molecule has 4 rings (SSSR count). The highest BCUT2D eigenvalue weighted by molar-refractivity contribution is 7.89. The largest absolute Gasteiger partial charge is 0.481 e. The number of pyridine rings is 1. The molecule has 0 aliphatic carbocycles. The fraction of sp³-hybridized carbons (Fsp3) is 0.481. The number of nitrogens with two attached hydrogens (primary N) is 1. The van der Waals surface area contributed by atoms with Crippen LogP contribution in [0.25, 0.3) is 0 Å². The van der Waals surface area contributed by atoms with Crippen molar-refractivity contribution in [3.63, 3.8) is 0 Å². The number of ether oxygens (including phenoxy) is 1. The molecule has 1 aliphatic rings. The molecule has 0 radical (unpaired) electrons. The van der Waals surface area contributed by atoms with Gasteiger partial charge in [-0.1, -0.05) is 20.3 Å². The SMILES string of the molecule is CCCc1cc(N2CCN(S(=O)(=O)c3cnn(CCC)c3)[C@H](C)C2)c(C)cc1N(N)c1ccc(OC)nc1. The standard InChI is InChI=1S/C27H39N7O3S/c1-6-8-22-15-25(20(3)14-26(22)34(28)23-9-10-27(37-5)29-16-23)31-12-13-33(21(4)18-31)38(35,36)24-17-30-32(19-24)11-7-2/h9-10,14-17,19,21H,6-8,11-13,18,28H2,1-5H3/t21-/m1/s1. The molecule has 2 N–H and O–H groups in total. The Labute approximate surface area is 226 Å². The minimum atomic E-state index is -3.61. The van der Waals surface area contributed by atoms with Crippen molar-refractivity contribution >= 4 is 27.1 Å². The Morgan fingerprint density at radius 3 is 2.58 bits per heavy atom. The van der Waals surface area contributed by atoms with Gasteiger partial charge in [0.1, 0.15) is 4.90 Å². The maximum absolute atomic E-state index is 13.4. The van der Waals surface area contributed by atoms with E-state index in [0.717, 1.165) is 47.5 Å². The topological polar surface area (TPSA) is 110 Å². The molecule has 38 heavy (non-hydrogen) atoms. The molecule has 1 aliphatic heterocycles. The van der Waals surface area contributed by atoms with Crippen molar-refractivity contribution in [2.75, 3.05) is 36.7 Å². The third kappa shape index (κ3) is 5.64. The van der Waals surface area contributed by atoms with Gasteiger partial charge >= 0.3 is 0 Å². The molecular weight excluding hydrogens is 502 g/mol. The van der Waals surface area contributed by atoms with Crippen molar-refractivity contribution in [2.45, 2.75) is 64.4 Å². The molecular formula is C27H39N7O3S. The summed E-state index contributed by atoms with van der Waals surface area (Å²) in [5.74, 6) is 7.09. The summed E-state index contributed by atoms with van der Waals surface area (Å²) in [5, 5.41) is 5.89. The third-order valence-corrected chi connectivity index (χ3v) is 8.93. The van der Waals surface area contributed by atoms with E-state index in [1.807, 2.05) is 19.9 Å². The molecule has 0 bridgehead atoms. The van der Waals surface area contributed by atoms with E-state index in [9.17, 15) is 8.42 Å². The van der Waals surface area contributed by atoms with Crippen molar-refractivity contribution in [1.29, 1.82) is 0 Å². The van der Waals surface area contributed by atoms with E-state index in [-0.39, 0.29) is 10.9 Å². The van der Waals surface area contributed by atoms with E-state index in [1.165, 1.54) is 6.20 Å². The minimum absolute atomic E-state index is 0.187. The summed E-state index contributed by atoms with van der Waals surface area (Å²) in [5.41, 5.74) is 5.03. The van der Waals surface area contributed by atoms with Gasteiger partial charge in [0.2, 0.25) is 15.9 Å². The highest BCUT2D eigenvalue weighted by atomic mass is 32.2. The number of benzene rings is 1. The fourth-order valence-corrected chi connectivity index (χ4v) is 6.58. The first-order chi connectivity index (χ1) is 18.2. The Bertz CT molecular complexity index is 1340. The lowest BCUT2D eigenvalue weighted by Gasteiger charge is -2.40. The number of hydrogen-bond donors (Lipinski definition) is 1. The molecule has 0 spiro atoms. The maximum atomic E-state index is 13.4. The van der Waals surface area contributed by atoms with Crippen LogP contribution in [0.1, 0.15) is 44.7 Å².